The number of benzene rings is 2. The van der Waals surface area contributed by atoms with Crippen LogP contribution in [0.15, 0.2) is 64.7 Å². The molecule has 3 aromatic rings. The summed E-state index contributed by atoms with van der Waals surface area (Å²) in [5, 5.41) is 15.3. The number of carbonyl (C=O) groups is 2. The number of aromatic nitrogens is 1. The van der Waals surface area contributed by atoms with Crippen molar-refractivity contribution in [3.63, 3.8) is 0 Å². The number of ketones is 1. The van der Waals surface area contributed by atoms with Gasteiger partial charge in [-0.1, -0.05) is 58.7 Å². The molecule has 1 fully saturated rings. The SMILES string of the molecule is Cc1ccc(C(O)=C2C(=O)C(=O)N(c3cc(C)on3)[C@H]2c2cccc(Cl)c2)cc1. The molecule has 0 spiro atoms. The average Bonchev–Trinajstić information content (AvgIpc) is 3.23. The van der Waals surface area contributed by atoms with E-state index in [1.54, 1.807) is 49.4 Å². The number of hydrogen-bond acceptors (Lipinski definition) is 5. The summed E-state index contributed by atoms with van der Waals surface area (Å²) in [6.45, 7) is 3.61. The summed E-state index contributed by atoms with van der Waals surface area (Å²) >= 11 is 6.15. The van der Waals surface area contributed by atoms with Gasteiger partial charge in [0.1, 0.15) is 11.5 Å². The zero-order valence-corrected chi connectivity index (χ0v) is 16.5. The summed E-state index contributed by atoms with van der Waals surface area (Å²) in [5.74, 6) is -1.16. The van der Waals surface area contributed by atoms with Crippen molar-refractivity contribution in [1.82, 2.24) is 5.16 Å². The quantitative estimate of drug-likeness (QED) is 0.390. The second kappa shape index (κ2) is 7.22. The second-order valence-corrected chi connectivity index (χ2v) is 7.32. The molecule has 1 amide bonds. The van der Waals surface area contributed by atoms with Crippen molar-refractivity contribution in [3.05, 3.63) is 87.6 Å². The number of amides is 1. The Morgan fingerprint density at radius 3 is 2.45 bits per heavy atom. The molecular formula is C22H17ClN2O4. The number of Topliss-reactive ketones (excluding diaryl/α,β-unsaturated/α-hetero) is 1. The molecule has 0 bridgehead atoms. The van der Waals surface area contributed by atoms with Crippen molar-refractivity contribution in [2.24, 2.45) is 0 Å². The maximum Gasteiger partial charge on any atom is 0.301 e. The predicted octanol–water partition coefficient (Wildman–Crippen LogP) is 4.57. The van der Waals surface area contributed by atoms with E-state index < -0.39 is 17.7 Å². The van der Waals surface area contributed by atoms with Gasteiger partial charge in [0, 0.05) is 16.7 Å². The van der Waals surface area contributed by atoms with E-state index in [2.05, 4.69) is 5.16 Å². The highest BCUT2D eigenvalue weighted by atomic mass is 35.5. The van der Waals surface area contributed by atoms with E-state index in [-0.39, 0.29) is 17.2 Å². The van der Waals surface area contributed by atoms with E-state index >= 15 is 0 Å². The van der Waals surface area contributed by atoms with Gasteiger partial charge >= 0.3 is 5.91 Å². The lowest BCUT2D eigenvalue weighted by molar-refractivity contribution is -0.132. The molecule has 7 heteroatoms. The van der Waals surface area contributed by atoms with Gasteiger partial charge in [-0.15, -0.1) is 0 Å². The van der Waals surface area contributed by atoms with Crippen molar-refractivity contribution < 1.29 is 19.2 Å². The standard InChI is InChI=1S/C22H17ClN2O4/c1-12-6-8-14(9-7-12)20(26)18-19(15-4-3-5-16(23)11-15)25(22(28)21(18)27)17-10-13(2)29-24-17/h3-11,19,26H,1-2H3/t19-/m0/s1. The van der Waals surface area contributed by atoms with Crippen LogP contribution in [0.2, 0.25) is 5.02 Å². The van der Waals surface area contributed by atoms with E-state index in [0.717, 1.165) is 5.56 Å². The third kappa shape index (κ3) is 3.32. The molecular weight excluding hydrogens is 392 g/mol. The number of carbonyl (C=O) groups excluding carboxylic acids is 2. The number of aliphatic hydroxyl groups is 1. The molecule has 1 aliphatic rings. The van der Waals surface area contributed by atoms with Crippen LogP contribution in [0, 0.1) is 13.8 Å². The molecule has 1 saturated heterocycles. The van der Waals surface area contributed by atoms with E-state index in [4.69, 9.17) is 16.1 Å². The maximum absolute atomic E-state index is 12.9. The number of rotatable bonds is 3. The highest BCUT2D eigenvalue weighted by molar-refractivity contribution is 6.51. The molecule has 6 nitrogen and oxygen atoms in total. The summed E-state index contributed by atoms with van der Waals surface area (Å²) < 4.78 is 5.10. The fourth-order valence-electron chi connectivity index (χ4n) is 3.39. The number of anilines is 1. The van der Waals surface area contributed by atoms with Crippen LogP contribution in [0.1, 0.15) is 28.5 Å². The molecule has 0 saturated carbocycles. The van der Waals surface area contributed by atoms with Gasteiger partial charge in [-0.3, -0.25) is 14.5 Å². The Labute approximate surface area is 172 Å². The molecule has 2 aromatic carbocycles. The van der Waals surface area contributed by atoms with Crippen LogP contribution in [-0.4, -0.2) is 22.0 Å². The molecule has 4 rings (SSSR count). The van der Waals surface area contributed by atoms with Crippen molar-refractivity contribution >= 4 is 34.9 Å². The van der Waals surface area contributed by atoms with Crippen molar-refractivity contribution in [2.75, 3.05) is 4.90 Å². The van der Waals surface area contributed by atoms with Crippen molar-refractivity contribution in [2.45, 2.75) is 19.9 Å². The molecule has 2 heterocycles. The lowest BCUT2D eigenvalue weighted by Crippen LogP contribution is -2.29. The van der Waals surface area contributed by atoms with Gasteiger partial charge in [0.15, 0.2) is 5.82 Å². The summed E-state index contributed by atoms with van der Waals surface area (Å²) in [7, 11) is 0. The molecule has 0 unspecified atom stereocenters. The van der Waals surface area contributed by atoms with Crippen molar-refractivity contribution in [1.29, 1.82) is 0 Å². The number of aliphatic hydroxyl groups excluding tert-OH is 1. The van der Waals surface area contributed by atoms with E-state index in [1.807, 2.05) is 19.1 Å². The minimum atomic E-state index is -0.889. The zero-order valence-electron chi connectivity index (χ0n) is 15.7. The average molecular weight is 409 g/mol. The monoisotopic (exact) mass is 408 g/mol. The zero-order chi connectivity index (χ0) is 20.7. The number of halogens is 1. The van der Waals surface area contributed by atoms with E-state index in [1.165, 1.54) is 4.90 Å². The fraction of sp³-hybridized carbons (Fsp3) is 0.136. The molecule has 1 atom stereocenters. The first-order chi connectivity index (χ1) is 13.9. The first kappa shape index (κ1) is 19.0. The van der Waals surface area contributed by atoms with Gasteiger partial charge in [-0.25, -0.2) is 0 Å². The topological polar surface area (TPSA) is 83.6 Å². The Kier molecular flexibility index (Phi) is 4.72. The number of nitrogens with zero attached hydrogens (tertiary/aromatic N) is 2. The third-order valence-electron chi connectivity index (χ3n) is 4.80. The Balaban J connectivity index is 1.95. The minimum absolute atomic E-state index is 0.0261. The third-order valence-corrected chi connectivity index (χ3v) is 5.03. The highest BCUT2D eigenvalue weighted by Gasteiger charge is 2.48. The van der Waals surface area contributed by atoms with Gasteiger partial charge in [-0.2, -0.15) is 0 Å². The van der Waals surface area contributed by atoms with E-state index in [9.17, 15) is 14.7 Å². The van der Waals surface area contributed by atoms with Crippen LogP contribution in [-0.2, 0) is 9.59 Å². The largest absolute Gasteiger partial charge is 0.507 e. The Bertz CT molecular complexity index is 1150. The summed E-state index contributed by atoms with van der Waals surface area (Å²) in [6.07, 6.45) is 0. The van der Waals surface area contributed by atoms with Crippen molar-refractivity contribution in [3.8, 4) is 0 Å². The van der Waals surface area contributed by atoms with Crippen LogP contribution >= 0.6 is 11.6 Å². The minimum Gasteiger partial charge on any atom is -0.507 e. The summed E-state index contributed by atoms with van der Waals surface area (Å²) in [5.41, 5.74) is 2.00. The Morgan fingerprint density at radius 1 is 1.10 bits per heavy atom. The first-order valence-electron chi connectivity index (χ1n) is 8.93. The fourth-order valence-corrected chi connectivity index (χ4v) is 3.59. The number of aryl methyl sites for hydroxylation is 2. The second-order valence-electron chi connectivity index (χ2n) is 6.89. The van der Waals surface area contributed by atoms with Gasteiger partial charge in [0.05, 0.1) is 11.6 Å². The molecule has 0 radical (unpaired) electrons. The number of hydrogen-bond donors (Lipinski definition) is 1. The molecule has 1 N–H and O–H groups in total. The van der Waals surface area contributed by atoms with Crippen LogP contribution in [0.3, 0.4) is 0 Å². The first-order valence-corrected chi connectivity index (χ1v) is 9.31. The van der Waals surface area contributed by atoms with Crippen LogP contribution in [0.25, 0.3) is 5.76 Å². The van der Waals surface area contributed by atoms with Gasteiger partial charge in [-0.05, 0) is 31.5 Å². The van der Waals surface area contributed by atoms with Gasteiger partial charge < -0.3 is 9.63 Å². The summed E-state index contributed by atoms with van der Waals surface area (Å²) in [6, 6.07) is 14.5. The van der Waals surface area contributed by atoms with Crippen LogP contribution < -0.4 is 4.90 Å². The normalized spacial score (nSPS) is 18.4. The lowest BCUT2D eigenvalue weighted by atomic mass is 9.95. The predicted molar refractivity (Wildman–Crippen MR) is 109 cm³/mol. The molecule has 0 aliphatic carbocycles. The molecule has 29 heavy (non-hydrogen) atoms. The molecule has 146 valence electrons. The van der Waals surface area contributed by atoms with Gasteiger partial charge in [0.2, 0.25) is 0 Å². The maximum atomic E-state index is 12.9. The smallest absolute Gasteiger partial charge is 0.301 e. The molecule has 1 aromatic heterocycles. The van der Waals surface area contributed by atoms with Gasteiger partial charge in [0.25, 0.3) is 5.78 Å². The molecule has 1 aliphatic heterocycles. The highest BCUT2D eigenvalue weighted by Crippen LogP contribution is 2.42. The Morgan fingerprint density at radius 2 is 1.83 bits per heavy atom. The lowest BCUT2D eigenvalue weighted by Gasteiger charge is -2.23. The van der Waals surface area contributed by atoms with Crippen LogP contribution in [0.5, 0.6) is 0 Å². The Hall–Kier alpha value is -3.38. The van der Waals surface area contributed by atoms with E-state index in [0.29, 0.717) is 21.9 Å². The summed E-state index contributed by atoms with van der Waals surface area (Å²) in [4.78, 5) is 27.1. The van der Waals surface area contributed by atoms with Crippen LogP contribution in [0.4, 0.5) is 5.82 Å².